The van der Waals surface area contributed by atoms with Crippen LogP contribution < -0.4 is 38.5 Å². The molecule has 0 saturated carbocycles. The van der Waals surface area contributed by atoms with E-state index in [1.54, 1.807) is 0 Å². The summed E-state index contributed by atoms with van der Waals surface area (Å²) in [7, 11) is 1.99. The Balaban J connectivity index is -0.000000168. The van der Waals surface area contributed by atoms with Gasteiger partial charge in [0.05, 0.1) is 59.1 Å². The van der Waals surface area contributed by atoms with Crippen LogP contribution in [0.2, 0.25) is 0 Å². The van der Waals surface area contributed by atoms with E-state index in [4.69, 9.17) is 36.1 Å². The van der Waals surface area contributed by atoms with E-state index in [2.05, 4.69) is 56.7 Å². The zero-order valence-electron chi connectivity index (χ0n) is 36.9. The van der Waals surface area contributed by atoms with Crippen LogP contribution in [0.1, 0.15) is 103 Å². The lowest BCUT2D eigenvalue weighted by molar-refractivity contribution is -0.139. The van der Waals surface area contributed by atoms with Gasteiger partial charge in [0.25, 0.3) is 23.6 Å². The summed E-state index contributed by atoms with van der Waals surface area (Å²) in [6.45, 7) is 2.88. The summed E-state index contributed by atoms with van der Waals surface area (Å²) in [5, 5.41) is 10.6. The normalized spacial score (nSPS) is 12.5. The lowest BCUT2D eigenvalue weighted by Gasteiger charge is -2.13. The van der Waals surface area contributed by atoms with Crippen molar-refractivity contribution in [3.8, 4) is 0 Å². The molecule has 0 aromatic rings. The lowest BCUT2D eigenvalue weighted by Crippen LogP contribution is -2.36. The number of nitrogens with zero attached hydrogens (tertiary/aromatic N) is 2. The molecule has 0 aliphatic carbocycles. The minimum Gasteiger partial charge on any atom is -0.377 e. The quantitative estimate of drug-likeness (QED) is 0.0269. The number of ether oxygens (including phenoxy) is 4. The Labute approximate surface area is 460 Å². The summed E-state index contributed by atoms with van der Waals surface area (Å²) < 4.78 is 21.0. The maximum atomic E-state index is 11.7. The first-order chi connectivity index (χ1) is 32.1. The van der Waals surface area contributed by atoms with Crippen molar-refractivity contribution in [3.63, 3.8) is 0 Å². The van der Waals surface area contributed by atoms with Gasteiger partial charge in [0.15, 0.2) is 0 Å². The molecule has 2 atom stereocenters. The van der Waals surface area contributed by atoms with Crippen LogP contribution in [0, 0.1) is 0 Å². The Kier molecular flexibility index (Phi) is 66.6. The largest absolute Gasteiger partial charge is 0.377 e. The van der Waals surface area contributed by atoms with Crippen LogP contribution in [0.15, 0.2) is 24.3 Å². The monoisotopic (exact) mass is 1170 g/mol. The molecule has 10 N–H and O–H groups in total. The SMILES string of the molecule is C.C.C.C.C.C.C.NC(=O)C(N)CCCCNC(=O)COCCOCCNC(=O)CCN1C(=O)C=CC1=O.NC(CCCCNC(=O)COCCOCCNC(=O)CCN1C(=O)C=CC1=O)C(=O)P=S.S=PP=S. The number of primary amides is 1. The number of rotatable bonds is 36. The van der Waals surface area contributed by atoms with E-state index in [-0.39, 0.29) is 180 Å². The van der Waals surface area contributed by atoms with Gasteiger partial charge in [-0.05, 0) is 73.9 Å². The molecule has 0 fully saturated rings. The number of hydrogen-bond donors (Lipinski definition) is 7. The fourth-order valence-electron chi connectivity index (χ4n) is 5.07. The molecule has 2 unspecified atom stereocenters. The molecular formula is C45H88N9O14P3S3. The predicted molar refractivity (Wildman–Crippen MR) is 304 cm³/mol. The topological polar surface area (TPSA) is 340 Å². The third kappa shape index (κ3) is 46.6. The summed E-state index contributed by atoms with van der Waals surface area (Å²) in [6.07, 6.45) is 8.55. The Morgan fingerprint density at radius 3 is 1.14 bits per heavy atom. The van der Waals surface area contributed by atoms with Crippen molar-refractivity contribution in [2.75, 3.05) is 92.1 Å². The molecule has 2 heterocycles. The van der Waals surface area contributed by atoms with Gasteiger partial charge in [-0.25, -0.2) is 0 Å². The van der Waals surface area contributed by atoms with E-state index in [1.165, 1.54) is 24.3 Å². The molecule has 430 valence electrons. The number of carbonyl (C=O) groups is 10. The summed E-state index contributed by atoms with van der Waals surface area (Å²) in [4.78, 5) is 116. The standard InChI is InChI=1S/C19H31N5O7.C19H29N4O7PS.7CH4.P2S2/c20-14(19(21)29)3-1-2-7-22-16(26)13-31-12-11-30-10-8-23-15(25)6-9-24-17(27)4-5-18(24)28;20-14(19(28)31-32)3-1-2-7-21-16(25)13-30-12-11-29-10-8-22-15(24)6-9-23-17(26)4-5-18(23)27;;;;;;;;3-1-2-4/h4-5,14H,1-3,6-13,20H2,(H2,21,29)(H,22,26)(H,23,25);4-5,14H,1-3,6-13,20H2,(H,21,25)(H,22,24);7*1H4;. The van der Waals surface area contributed by atoms with Gasteiger partial charge in [-0.3, -0.25) is 57.7 Å². The van der Waals surface area contributed by atoms with Gasteiger partial charge < -0.3 is 57.4 Å². The van der Waals surface area contributed by atoms with Crippen molar-refractivity contribution in [1.29, 1.82) is 0 Å². The average Bonchev–Trinajstić information content (AvgIpc) is 3.81. The number of nitrogens with two attached hydrogens (primary N) is 3. The van der Waals surface area contributed by atoms with Crippen molar-refractivity contribution in [2.24, 2.45) is 17.2 Å². The van der Waals surface area contributed by atoms with E-state index >= 15 is 0 Å². The second-order valence-corrected chi connectivity index (χ2v) is 19.2. The molecule has 74 heavy (non-hydrogen) atoms. The summed E-state index contributed by atoms with van der Waals surface area (Å²) in [6, 6.07) is -1.19. The average molecular weight is 1170 g/mol. The minimum atomic E-state index is -0.656. The number of nitrogens with one attached hydrogen (secondary N) is 4. The van der Waals surface area contributed by atoms with Crippen molar-refractivity contribution >= 4 is 116 Å². The molecule has 0 bridgehead atoms. The molecule has 2 aliphatic rings. The molecule has 9 amide bonds. The van der Waals surface area contributed by atoms with Gasteiger partial charge in [-0.2, -0.15) is 0 Å². The third-order valence-corrected chi connectivity index (χ3v) is 12.3. The highest BCUT2D eigenvalue weighted by atomic mass is 32.7. The molecule has 2 aliphatic heterocycles. The number of unbranched alkanes of at least 4 members (excludes halogenated alkanes) is 2. The Morgan fingerprint density at radius 2 is 0.811 bits per heavy atom. The maximum Gasteiger partial charge on any atom is 0.253 e. The van der Waals surface area contributed by atoms with Crippen LogP contribution in [-0.4, -0.2) is 173 Å². The van der Waals surface area contributed by atoms with Crippen molar-refractivity contribution in [3.05, 3.63) is 24.3 Å². The van der Waals surface area contributed by atoms with E-state index in [0.29, 0.717) is 45.2 Å². The summed E-state index contributed by atoms with van der Waals surface area (Å²) >= 11 is 13.5. The zero-order valence-corrected chi connectivity index (χ0v) is 42.1. The van der Waals surface area contributed by atoms with E-state index in [9.17, 15) is 47.9 Å². The Hall–Kier alpha value is -3.90. The highest BCUT2D eigenvalue weighted by molar-refractivity contribution is 8.40. The number of imide groups is 2. The van der Waals surface area contributed by atoms with Crippen LogP contribution in [0.5, 0.6) is 0 Å². The highest BCUT2D eigenvalue weighted by Crippen LogP contribution is 2.10. The highest BCUT2D eigenvalue weighted by Gasteiger charge is 2.24. The van der Waals surface area contributed by atoms with Gasteiger partial charge in [-0.1, -0.05) is 52.0 Å². The second kappa shape index (κ2) is 56.8. The first-order valence-electron chi connectivity index (χ1n) is 20.8. The van der Waals surface area contributed by atoms with Crippen molar-refractivity contribution in [2.45, 2.75) is 115 Å². The fourth-order valence-corrected chi connectivity index (χ4v) is 5.74. The number of carbonyl (C=O) groups excluding carboxylic acids is 10. The van der Waals surface area contributed by atoms with Gasteiger partial charge >= 0.3 is 0 Å². The van der Waals surface area contributed by atoms with Crippen LogP contribution in [-0.2, 0) is 102 Å². The van der Waals surface area contributed by atoms with E-state index < -0.39 is 41.6 Å². The molecule has 23 nitrogen and oxygen atoms in total. The predicted octanol–water partition coefficient (Wildman–Crippen LogP) is 2.72. The molecule has 0 spiro atoms. The number of hydrogen-bond acceptors (Lipinski definition) is 19. The third-order valence-electron chi connectivity index (χ3n) is 8.61. The lowest BCUT2D eigenvalue weighted by atomic mass is 10.1. The van der Waals surface area contributed by atoms with Crippen molar-refractivity contribution < 1.29 is 66.9 Å². The smallest absolute Gasteiger partial charge is 0.253 e. The van der Waals surface area contributed by atoms with Crippen LogP contribution in [0.4, 0.5) is 0 Å². The zero-order chi connectivity index (χ0) is 50.2. The molecule has 0 radical (unpaired) electrons. The molecule has 2 rings (SSSR count). The Bertz CT molecular complexity index is 1700. The minimum absolute atomic E-state index is 0. The first-order valence-corrected chi connectivity index (χ1v) is 27.3. The fraction of sp³-hybridized carbons (Fsp3) is 0.689. The van der Waals surface area contributed by atoms with Crippen LogP contribution in [0.25, 0.3) is 0 Å². The van der Waals surface area contributed by atoms with Gasteiger partial charge in [-0.15, -0.1) is 0 Å². The van der Waals surface area contributed by atoms with Crippen LogP contribution >= 0.6 is 21.4 Å². The Morgan fingerprint density at radius 1 is 0.486 bits per heavy atom. The van der Waals surface area contributed by atoms with Gasteiger partial charge in [0.1, 0.15) is 13.2 Å². The molecule has 0 saturated heterocycles. The summed E-state index contributed by atoms with van der Waals surface area (Å²) in [5.74, 6) is -3.28. The summed E-state index contributed by atoms with van der Waals surface area (Å²) in [5.41, 5.74) is 16.1. The molecular weight excluding hydrogens is 1080 g/mol. The van der Waals surface area contributed by atoms with E-state index in [0.717, 1.165) is 30.3 Å². The second-order valence-electron chi connectivity index (χ2n) is 13.8. The van der Waals surface area contributed by atoms with Gasteiger partial charge in [0, 0.05) is 90.5 Å². The van der Waals surface area contributed by atoms with Gasteiger partial charge in [0.2, 0.25) is 35.1 Å². The number of amides is 9. The maximum absolute atomic E-state index is 11.7. The molecule has 29 heteroatoms. The van der Waals surface area contributed by atoms with Crippen LogP contribution in [0.3, 0.4) is 0 Å². The first kappa shape index (κ1) is 86.8. The van der Waals surface area contributed by atoms with E-state index in [1.807, 2.05) is 0 Å². The molecule has 0 aromatic heterocycles. The molecule has 0 aromatic carbocycles. The van der Waals surface area contributed by atoms with Crippen molar-refractivity contribution in [1.82, 2.24) is 31.1 Å².